The van der Waals surface area contributed by atoms with Gasteiger partial charge >= 0.3 is 12.6 Å². The predicted octanol–water partition coefficient (Wildman–Crippen LogP) is 4.16. The molecule has 0 saturated heterocycles. The summed E-state index contributed by atoms with van der Waals surface area (Å²) < 4.78 is 42.5. The van der Waals surface area contributed by atoms with Gasteiger partial charge in [-0.1, -0.05) is 30.3 Å². The van der Waals surface area contributed by atoms with E-state index in [1.165, 1.54) is 23.1 Å². The van der Waals surface area contributed by atoms with Crippen LogP contribution in [0.15, 0.2) is 48.5 Å². The summed E-state index contributed by atoms with van der Waals surface area (Å²) in [5.74, 6) is -0.349. The molecule has 2 aromatic rings. The minimum Gasteiger partial charge on any atom is -0.434 e. The number of urea groups is 1. The van der Waals surface area contributed by atoms with Crippen LogP contribution in [0.25, 0.3) is 0 Å². The lowest BCUT2D eigenvalue weighted by atomic mass is 10.2. The number of benzene rings is 2. The number of rotatable bonds is 7. The number of hydrogen-bond acceptors (Lipinski definition) is 2. The Labute approximate surface area is 144 Å². The summed E-state index contributed by atoms with van der Waals surface area (Å²) >= 11 is 0. The summed E-state index contributed by atoms with van der Waals surface area (Å²) in [6, 6.07) is 11.9. The van der Waals surface area contributed by atoms with Gasteiger partial charge in [-0.3, -0.25) is 0 Å². The maximum atomic E-state index is 13.2. The SMILES string of the molecule is CCN(Cc1cccc(F)c1)C(=O)NCc1ccccc1OC(F)F. The smallest absolute Gasteiger partial charge is 0.387 e. The Bertz CT molecular complexity index is 710. The maximum Gasteiger partial charge on any atom is 0.387 e. The summed E-state index contributed by atoms with van der Waals surface area (Å²) in [5, 5.41) is 2.67. The van der Waals surface area contributed by atoms with Crippen LogP contribution in [-0.2, 0) is 13.1 Å². The Hall–Kier alpha value is -2.70. The lowest BCUT2D eigenvalue weighted by Gasteiger charge is -2.22. The number of nitrogens with one attached hydrogen (secondary N) is 1. The number of hydrogen-bond donors (Lipinski definition) is 1. The summed E-state index contributed by atoms with van der Waals surface area (Å²) in [6.07, 6.45) is 0. The average Bonchev–Trinajstić information content (AvgIpc) is 2.58. The number of carbonyl (C=O) groups is 1. The summed E-state index contributed by atoms with van der Waals surface area (Å²) in [7, 11) is 0. The molecule has 2 rings (SSSR count). The van der Waals surface area contributed by atoms with Crippen LogP contribution in [0, 0.1) is 5.82 Å². The van der Waals surface area contributed by atoms with E-state index in [-0.39, 0.29) is 30.7 Å². The Morgan fingerprint density at radius 1 is 1.20 bits per heavy atom. The highest BCUT2D eigenvalue weighted by Gasteiger charge is 2.14. The van der Waals surface area contributed by atoms with Crippen LogP contribution in [0.2, 0.25) is 0 Å². The zero-order valence-corrected chi connectivity index (χ0v) is 13.7. The molecule has 25 heavy (non-hydrogen) atoms. The molecule has 134 valence electrons. The van der Waals surface area contributed by atoms with E-state index in [1.807, 2.05) is 0 Å². The molecule has 0 heterocycles. The van der Waals surface area contributed by atoms with E-state index >= 15 is 0 Å². The molecule has 0 fully saturated rings. The fourth-order valence-corrected chi connectivity index (χ4v) is 2.33. The van der Waals surface area contributed by atoms with Crippen molar-refractivity contribution in [3.63, 3.8) is 0 Å². The normalized spacial score (nSPS) is 10.6. The Morgan fingerprint density at radius 2 is 1.96 bits per heavy atom. The van der Waals surface area contributed by atoms with Crippen LogP contribution in [-0.4, -0.2) is 24.1 Å². The van der Waals surface area contributed by atoms with Crippen molar-refractivity contribution in [2.75, 3.05) is 6.54 Å². The molecule has 2 amide bonds. The third-order valence-electron chi connectivity index (χ3n) is 3.55. The molecule has 0 radical (unpaired) electrons. The zero-order chi connectivity index (χ0) is 18.2. The number of amides is 2. The summed E-state index contributed by atoms with van der Waals surface area (Å²) in [5.41, 5.74) is 1.11. The van der Waals surface area contributed by atoms with Crippen molar-refractivity contribution in [3.8, 4) is 5.75 Å². The Balaban J connectivity index is 1.98. The Morgan fingerprint density at radius 3 is 2.64 bits per heavy atom. The number of carbonyl (C=O) groups excluding carboxylic acids is 1. The monoisotopic (exact) mass is 352 g/mol. The van der Waals surface area contributed by atoms with E-state index in [0.29, 0.717) is 17.7 Å². The largest absolute Gasteiger partial charge is 0.434 e. The molecule has 0 bridgehead atoms. The molecular weight excluding hydrogens is 333 g/mol. The van der Waals surface area contributed by atoms with Gasteiger partial charge in [-0.25, -0.2) is 9.18 Å². The van der Waals surface area contributed by atoms with Gasteiger partial charge in [0.1, 0.15) is 11.6 Å². The van der Waals surface area contributed by atoms with Crippen molar-refractivity contribution in [2.24, 2.45) is 0 Å². The molecule has 0 aromatic heterocycles. The number of para-hydroxylation sites is 1. The molecule has 2 aromatic carbocycles. The quantitative estimate of drug-likeness (QED) is 0.813. The van der Waals surface area contributed by atoms with Gasteiger partial charge < -0.3 is 15.0 Å². The summed E-state index contributed by atoms with van der Waals surface area (Å²) in [4.78, 5) is 13.8. The van der Waals surface area contributed by atoms with Gasteiger partial charge in [0.2, 0.25) is 0 Å². The van der Waals surface area contributed by atoms with E-state index in [1.54, 1.807) is 37.3 Å². The fraction of sp³-hybridized carbons (Fsp3) is 0.278. The first-order valence-electron chi connectivity index (χ1n) is 7.79. The van der Waals surface area contributed by atoms with Crippen molar-refractivity contribution in [2.45, 2.75) is 26.6 Å². The lowest BCUT2D eigenvalue weighted by Crippen LogP contribution is -2.39. The first kappa shape index (κ1) is 18.6. The highest BCUT2D eigenvalue weighted by atomic mass is 19.3. The molecule has 1 N–H and O–H groups in total. The van der Waals surface area contributed by atoms with Crippen molar-refractivity contribution in [3.05, 3.63) is 65.5 Å². The fourth-order valence-electron chi connectivity index (χ4n) is 2.33. The first-order chi connectivity index (χ1) is 12.0. The van der Waals surface area contributed by atoms with Crippen molar-refractivity contribution in [1.29, 1.82) is 0 Å². The number of ether oxygens (including phenoxy) is 1. The van der Waals surface area contributed by atoms with Crippen LogP contribution in [0.4, 0.5) is 18.0 Å². The highest BCUT2D eigenvalue weighted by molar-refractivity contribution is 5.74. The van der Waals surface area contributed by atoms with Crippen LogP contribution in [0.5, 0.6) is 5.75 Å². The van der Waals surface area contributed by atoms with Gasteiger partial charge in [0.25, 0.3) is 0 Å². The van der Waals surface area contributed by atoms with Crippen molar-refractivity contribution in [1.82, 2.24) is 10.2 Å². The highest BCUT2D eigenvalue weighted by Crippen LogP contribution is 2.20. The average molecular weight is 352 g/mol. The van der Waals surface area contributed by atoms with Gasteiger partial charge in [-0.2, -0.15) is 8.78 Å². The van der Waals surface area contributed by atoms with Gasteiger partial charge in [-0.15, -0.1) is 0 Å². The molecule has 0 spiro atoms. The van der Waals surface area contributed by atoms with E-state index in [9.17, 15) is 18.0 Å². The van der Waals surface area contributed by atoms with Crippen molar-refractivity contribution < 1.29 is 22.7 Å². The maximum absolute atomic E-state index is 13.2. The minimum atomic E-state index is -2.93. The molecule has 0 aliphatic rings. The molecule has 0 aliphatic carbocycles. The third kappa shape index (κ3) is 5.70. The second kappa shape index (κ2) is 8.96. The molecule has 0 unspecified atom stereocenters. The van der Waals surface area contributed by atoms with Gasteiger partial charge in [-0.05, 0) is 30.7 Å². The van der Waals surface area contributed by atoms with Crippen LogP contribution >= 0.6 is 0 Å². The van der Waals surface area contributed by atoms with E-state index in [0.717, 1.165) is 0 Å². The van der Waals surface area contributed by atoms with E-state index in [2.05, 4.69) is 10.1 Å². The van der Waals surface area contributed by atoms with Crippen LogP contribution in [0.1, 0.15) is 18.1 Å². The first-order valence-corrected chi connectivity index (χ1v) is 7.79. The van der Waals surface area contributed by atoms with Crippen LogP contribution in [0.3, 0.4) is 0 Å². The number of nitrogens with zero attached hydrogens (tertiary/aromatic N) is 1. The van der Waals surface area contributed by atoms with E-state index < -0.39 is 6.61 Å². The molecule has 0 aliphatic heterocycles. The van der Waals surface area contributed by atoms with Gasteiger partial charge in [0, 0.05) is 25.2 Å². The molecular formula is C18H19F3N2O2. The molecule has 4 nitrogen and oxygen atoms in total. The van der Waals surface area contributed by atoms with Crippen LogP contribution < -0.4 is 10.1 Å². The predicted molar refractivity (Wildman–Crippen MR) is 87.8 cm³/mol. The minimum absolute atomic E-state index is 0.0194. The standard InChI is InChI=1S/C18H19F3N2O2/c1-2-23(12-13-6-5-8-15(19)10-13)18(24)22-11-14-7-3-4-9-16(14)25-17(20)21/h3-10,17H,2,11-12H2,1H3,(H,22,24). The second-order valence-electron chi connectivity index (χ2n) is 5.29. The number of alkyl halides is 2. The Kier molecular flexibility index (Phi) is 6.68. The summed E-state index contributed by atoms with van der Waals surface area (Å²) in [6.45, 7) is -0.432. The molecule has 0 saturated carbocycles. The van der Waals surface area contributed by atoms with Gasteiger partial charge in [0.05, 0.1) is 0 Å². The topological polar surface area (TPSA) is 41.6 Å². The third-order valence-corrected chi connectivity index (χ3v) is 3.55. The lowest BCUT2D eigenvalue weighted by molar-refractivity contribution is -0.0504. The molecule has 7 heteroatoms. The van der Waals surface area contributed by atoms with E-state index in [4.69, 9.17) is 0 Å². The molecule has 0 atom stereocenters. The van der Waals surface area contributed by atoms with Crippen molar-refractivity contribution >= 4 is 6.03 Å². The second-order valence-corrected chi connectivity index (χ2v) is 5.29. The van der Waals surface area contributed by atoms with Gasteiger partial charge in [0.15, 0.2) is 0 Å². The number of halogens is 3. The zero-order valence-electron chi connectivity index (χ0n) is 13.7.